The fraction of sp³-hybridized carbons (Fsp3) is 0.385. The monoisotopic (exact) mass is 487 g/mol. The summed E-state index contributed by atoms with van der Waals surface area (Å²) < 4.78 is 44.3. The number of rotatable bonds is 5. The molecule has 4 rings (SSSR count). The smallest absolute Gasteiger partial charge is 0.416 e. The number of amides is 2. The molecule has 1 saturated heterocycles. The first-order valence-corrected chi connectivity index (χ1v) is 11.6. The summed E-state index contributed by atoms with van der Waals surface area (Å²) in [4.78, 5) is 30.3. The maximum absolute atomic E-state index is 13.4. The van der Waals surface area contributed by atoms with Crippen LogP contribution in [0.15, 0.2) is 60.7 Å². The normalized spacial score (nSPS) is 20.5. The van der Waals surface area contributed by atoms with Gasteiger partial charge in [0.1, 0.15) is 5.75 Å². The van der Waals surface area contributed by atoms with Gasteiger partial charge in [-0.25, -0.2) is 0 Å². The lowest BCUT2D eigenvalue weighted by atomic mass is 9.81. The quantitative estimate of drug-likeness (QED) is 0.627. The SMILES string of the molecule is COc1ccc(N2CCN(C(=O)C3CC=CCC3C(=O)Nc3cccc(C(F)(F)F)c3)CC2)cc1. The Hall–Kier alpha value is -3.49. The van der Waals surface area contributed by atoms with Crippen LogP contribution in [-0.2, 0) is 15.8 Å². The number of carbonyl (C=O) groups is 2. The van der Waals surface area contributed by atoms with Crippen molar-refractivity contribution in [3.05, 3.63) is 66.2 Å². The summed E-state index contributed by atoms with van der Waals surface area (Å²) in [5.74, 6) is -0.931. The van der Waals surface area contributed by atoms with Crippen molar-refractivity contribution in [1.29, 1.82) is 0 Å². The molecule has 0 saturated carbocycles. The summed E-state index contributed by atoms with van der Waals surface area (Å²) in [7, 11) is 1.62. The van der Waals surface area contributed by atoms with Crippen LogP contribution in [0.2, 0.25) is 0 Å². The van der Waals surface area contributed by atoms with Crippen molar-refractivity contribution in [3.63, 3.8) is 0 Å². The number of halogens is 3. The van der Waals surface area contributed by atoms with E-state index in [4.69, 9.17) is 4.74 Å². The summed E-state index contributed by atoms with van der Waals surface area (Å²) in [5, 5.41) is 2.59. The highest BCUT2D eigenvalue weighted by molar-refractivity contribution is 5.96. The van der Waals surface area contributed by atoms with Gasteiger partial charge in [-0.1, -0.05) is 18.2 Å². The summed E-state index contributed by atoms with van der Waals surface area (Å²) >= 11 is 0. The average Bonchev–Trinajstić information content (AvgIpc) is 2.88. The number of carbonyl (C=O) groups excluding carboxylic acids is 2. The average molecular weight is 488 g/mol. The molecule has 0 bridgehead atoms. The number of hydrogen-bond donors (Lipinski definition) is 1. The van der Waals surface area contributed by atoms with Crippen molar-refractivity contribution in [3.8, 4) is 5.75 Å². The number of piperazine rings is 1. The van der Waals surface area contributed by atoms with E-state index < -0.39 is 29.5 Å². The highest BCUT2D eigenvalue weighted by Gasteiger charge is 2.37. The molecule has 0 aromatic heterocycles. The second kappa shape index (κ2) is 10.4. The molecule has 2 atom stereocenters. The van der Waals surface area contributed by atoms with Gasteiger partial charge >= 0.3 is 6.18 Å². The highest BCUT2D eigenvalue weighted by atomic mass is 19.4. The van der Waals surface area contributed by atoms with Gasteiger partial charge in [-0.2, -0.15) is 13.2 Å². The third-order valence-electron chi connectivity index (χ3n) is 6.57. The Labute approximate surface area is 202 Å². The maximum Gasteiger partial charge on any atom is 0.416 e. The highest BCUT2D eigenvalue weighted by Crippen LogP contribution is 2.32. The van der Waals surface area contributed by atoms with Gasteiger partial charge in [0.05, 0.1) is 24.5 Å². The zero-order chi connectivity index (χ0) is 25.0. The summed E-state index contributed by atoms with van der Waals surface area (Å²) in [6.45, 7) is 2.41. The minimum atomic E-state index is -4.50. The molecular formula is C26H28F3N3O3. The molecule has 2 aromatic rings. The first-order chi connectivity index (χ1) is 16.8. The molecule has 2 aliphatic rings. The third kappa shape index (κ3) is 5.78. The van der Waals surface area contributed by atoms with Crippen LogP contribution in [0.25, 0.3) is 0 Å². The third-order valence-corrected chi connectivity index (χ3v) is 6.57. The van der Waals surface area contributed by atoms with Crippen molar-refractivity contribution < 1.29 is 27.5 Å². The van der Waals surface area contributed by atoms with E-state index in [1.165, 1.54) is 12.1 Å². The second-order valence-corrected chi connectivity index (χ2v) is 8.73. The molecule has 1 aliphatic carbocycles. The zero-order valence-electron chi connectivity index (χ0n) is 19.4. The van der Waals surface area contributed by atoms with Crippen LogP contribution >= 0.6 is 0 Å². The molecule has 0 spiro atoms. The number of alkyl halides is 3. The molecule has 9 heteroatoms. The van der Waals surface area contributed by atoms with Gasteiger partial charge in [0.25, 0.3) is 0 Å². The van der Waals surface area contributed by atoms with Gasteiger partial charge in [0.15, 0.2) is 0 Å². The number of ether oxygens (including phenoxy) is 1. The van der Waals surface area contributed by atoms with Crippen LogP contribution < -0.4 is 15.0 Å². The Morgan fingerprint density at radius 3 is 2.23 bits per heavy atom. The van der Waals surface area contributed by atoms with Gasteiger partial charge < -0.3 is 19.9 Å². The van der Waals surface area contributed by atoms with Gasteiger partial charge in [0, 0.05) is 37.6 Å². The lowest BCUT2D eigenvalue weighted by molar-refractivity contribution is -0.141. The van der Waals surface area contributed by atoms with E-state index in [0.29, 0.717) is 39.0 Å². The van der Waals surface area contributed by atoms with Crippen LogP contribution in [0, 0.1) is 11.8 Å². The fourth-order valence-corrected chi connectivity index (χ4v) is 4.60. The van der Waals surface area contributed by atoms with E-state index in [9.17, 15) is 22.8 Å². The topological polar surface area (TPSA) is 61.9 Å². The predicted molar refractivity (Wildman–Crippen MR) is 127 cm³/mol. The minimum Gasteiger partial charge on any atom is -0.497 e. The number of benzene rings is 2. The Kier molecular flexibility index (Phi) is 7.33. The fourth-order valence-electron chi connectivity index (χ4n) is 4.60. The van der Waals surface area contributed by atoms with Gasteiger partial charge in [0.2, 0.25) is 11.8 Å². The van der Waals surface area contributed by atoms with Crippen molar-refractivity contribution >= 4 is 23.2 Å². The van der Waals surface area contributed by atoms with E-state index >= 15 is 0 Å². The van der Waals surface area contributed by atoms with Crippen molar-refractivity contribution in [2.75, 3.05) is 43.5 Å². The standard InChI is InChI=1S/C26H28F3N3O3/c1-35-21-11-9-20(10-12-21)31-13-15-32(16-14-31)25(34)23-8-3-2-7-22(23)24(33)30-19-6-4-5-18(17-19)26(27,28)29/h2-6,9-12,17,22-23H,7-8,13-16H2,1H3,(H,30,33). The van der Waals surface area contributed by atoms with E-state index in [2.05, 4.69) is 10.2 Å². The first kappa shape index (κ1) is 24.6. The number of hydrogen-bond acceptors (Lipinski definition) is 4. The second-order valence-electron chi connectivity index (χ2n) is 8.73. The molecule has 1 heterocycles. The number of methoxy groups -OCH3 is 1. The largest absolute Gasteiger partial charge is 0.497 e. The van der Waals surface area contributed by atoms with Crippen LogP contribution in [0.5, 0.6) is 5.75 Å². The summed E-state index contributed by atoms with van der Waals surface area (Å²) in [5.41, 5.74) is 0.289. The molecule has 35 heavy (non-hydrogen) atoms. The van der Waals surface area contributed by atoms with Crippen LogP contribution in [0.3, 0.4) is 0 Å². The Balaban J connectivity index is 1.39. The lowest BCUT2D eigenvalue weighted by Crippen LogP contribution is -2.52. The summed E-state index contributed by atoms with van der Waals surface area (Å²) in [6, 6.07) is 12.3. The van der Waals surface area contributed by atoms with E-state index in [0.717, 1.165) is 23.6 Å². The molecule has 186 valence electrons. The van der Waals surface area contributed by atoms with Crippen molar-refractivity contribution in [1.82, 2.24) is 4.90 Å². The van der Waals surface area contributed by atoms with E-state index in [1.54, 1.807) is 12.0 Å². The predicted octanol–water partition coefficient (Wildman–Crippen LogP) is 4.58. The maximum atomic E-state index is 13.4. The zero-order valence-corrected chi connectivity index (χ0v) is 19.4. The first-order valence-electron chi connectivity index (χ1n) is 11.6. The molecule has 1 fully saturated rings. The van der Waals surface area contributed by atoms with Crippen molar-refractivity contribution in [2.45, 2.75) is 19.0 Å². The molecule has 6 nitrogen and oxygen atoms in total. The van der Waals surface area contributed by atoms with Crippen LogP contribution in [-0.4, -0.2) is 50.0 Å². The van der Waals surface area contributed by atoms with E-state index in [-0.39, 0.29) is 11.6 Å². The Bertz CT molecular complexity index is 1080. The molecule has 2 amide bonds. The molecule has 2 aromatic carbocycles. The Morgan fingerprint density at radius 2 is 1.60 bits per heavy atom. The number of nitrogens with zero attached hydrogens (tertiary/aromatic N) is 2. The molecular weight excluding hydrogens is 459 g/mol. The van der Waals surface area contributed by atoms with E-state index in [1.807, 2.05) is 36.4 Å². The van der Waals surface area contributed by atoms with Gasteiger partial charge in [-0.3, -0.25) is 9.59 Å². The molecule has 0 radical (unpaired) electrons. The molecule has 1 N–H and O–H groups in total. The number of nitrogens with one attached hydrogen (secondary N) is 1. The number of allylic oxidation sites excluding steroid dienone is 2. The Morgan fingerprint density at radius 1 is 0.943 bits per heavy atom. The van der Waals surface area contributed by atoms with Crippen LogP contribution in [0.4, 0.5) is 24.5 Å². The lowest BCUT2D eigenvalue weighted by Gasteiger charge is -2.39. The number of anilines is 2. The summed E-state index contributed by atoms with van der Waals surface area (Å²) in [6.07, 6.45) is 0.0397. The molecule has 1 aliphatic heterocycles. The minimum absolute atomic E-state index is 0.0682. The van der Waals surface area contributed by atoms with Gasteiger partial charge in [-0.05, 0) is 55.3 Å². The van der Waals surface area contributed by atoms with Crippen molar-refractivity contribution in [2.24, 2.45) is 11.8 Å². The molecule has 2 unspecified atom stereocenters. The van der Waals surface area contributed by atoms with Crippen LogP contribution in [0.1, 0.15) is 18.4 Å². The van der Waals surface area contributed by atoms with Gasteiger partial charge in [-0.15, -0.1) is 0 Å².